The largest absolute Gasteiger partial charge is 0.448 e. The van der Waals surface area contributed by atoms with Crippen LogP contribution in [0.25, 0.3) is 17.1 Å². The smallest absolute Gasteiger partial charge is 0.273 e. The molecule has 4 aromatic heterocycles. The maximum Gasteiger partial charge on any atom is 0.273 e. The van der Waals surface area contributed by atoms with E-state index in [1.54, 1.807) is 6.20 Å². The van der Waals surface area contributed by atoms with Crippen molar-refractivity contribution in [1.82, 2.24) is 40.1 Å². The second kappa shape index (κ2) is 12.8. The molecule has 1 amide bonds. The molecular formula is C32H34N8O2. The second-order valence-electron chi connectivity index (χ2n) is 10.3. The molecule has 5 aromatic rings. The zero-order valence-electron chi connectivity index (χ0n) is 23.6. The Hall–Kier alpha value is -4.83. The fourth-order valence-corrected chi connectivity index (χ4v) is 5.10. The Bertz CT molecular complexity index is 1710. The number of hydrogen-bond acceptors (Lipinski definition) is 7. The highest BCUT2D eigenvalue weighted by Crippen LogP contribution is 2.20. The van der Waals surface area contributed by atoms with Gasteiger partial charge in [0.25, 0.3) is 5.91 Å². The zero-order chi connectivity index (χ0) is 28.7. The topological polar surface area (TPSA) is 127 Å². The van der Waals surface area contributed by atoms with E-state index in [9.17, 15) is 4.79 Å². The predicted octanol–water partition coefficient (Wildman–Crippen LogP) is 4.12. The molecule has 1 aromatic carbocycles. The molecular weight excluding hydrogens is 528 g/mol. The Morgan fingerprint density at radius 1 is 1.05 bits per heavy atom. The summed E-state index contributed by atoms with van der Waals surface area (Å²) >= 11 is 0. The lowest BCUT2D eigenvalue weighted by Crippen LogP contribution is -2.24. The molecule has 0 fully saturated rings. The van der Waals surface area contributed by atoms with Gasteiger partial charge in [-0.1, -0.05) is 36.4 Å². The number of aryl methyl sites for hydroxylation is 2. The molecule has 0 atom stereocenters. The first-order valence-corrected chi connectivity index (χ1v) is 14.3. The first-order chi connectivity index (χ1) is 20.6. The van der Waals surface area contributed by atoms with Gasteiger partial charge in [0.1, 0.15) is 17.9 Å². The third-order valence-electron chi connectivity index (χ3n) is 7.34. The fraction of sp³-hybridized carbons (Fsp3) is 0.281. The number of amides is 1. The number of allylic oxidation sites excluding steroid dienone is 3. The second-order valence-corrected chi connectivity index (χ2v) is 10.3. The van der Waals surface area contributed by atoms with E-state index in [-0.39, 0.29) is 11.6 Å². The number of hydrogen-bond donors (Lipinski definition) is 3. The van der Waals surface area contributed by atoms with Gasteiger partial charge < -0.3 is 24.6 Å². The van der Waals surface area contributed by atoms with Crippen molar-refractivity contribution in [3.05, 3.63) is 113 Å². The number of nitrogens with zero attached hydrogens (tertiary/aromatic N) is 5. The molecule has 0 radical (unpaired) electrons. The van der Waals surface area contributed by atoms with E-state index in [1.807, 2.05) is 37.3 Å². The number of carbonyl (C=O) groups excluding carboxylic acids is 1. The number of imidazole rings is 2. The summed E-state index contributed by atoms with van der Waals surface area (Å²) in [5.41, 5.74) is 6.44. The van der Waals surface area contributed by atoms with Crippen molar-refractivity contribution in [3.63, 3.8) is 0 Å². The van der Waals surface area contributed by atoms with Gasteiger partial charge in [-0.05, 0) is 36.8 Å². The van der Waals surface area contributed by atoms with Crippen molar-refractivity contribution >= 4 is 23.0 Å². The first-order valence-electron chi connectivity index (χ1n) is 14.3. The van der Waals surface area contributed by atoms with Gasteiger partial charge in [0.15, 0.2) is 11.6 Å². The van der Waals surface area contributed by atoms with Gasteiger partial charge in [0.2, 0.25) is 0 Å². The molecule has 4 heterocycles. The summed E-state index contributed by atoms with van der Waals surface area (Å²) < 4.78 is 7.86. The van der Waals surface area contributed by atoms with Crippen LogP contribution in [0, 0.1) is 6.92 Å². The minimum absolute atomic E-state index is 0.272. The van der Waals surface area contributed by atoms with Gasteiger partial charge >= 0.3 is 0 Å². The van der Waals surface area contributed by atoms with Crippen LogP contribution in [0.1, 0.15) is 50.7 Å². The number of carbonyl (C=O) groups is 1. The van der Waals surface area contributed by atoms with Gasteiger partial charge in [-0.25, -0.2) is 15.0 Å². The Morgan fingerprint density at radius 2 is 1.95 bits per heavy atom. The fourth-order valence-electron chi connectivity index (χ4n) is 5.10. The number of rotatable bonds is 12. The monoisotopic (exact) mass is 562 g/mol. The SMILES string of the molecule is Cc1cccnc1CNC(=O)c1coc(CCNCCc2nc3c(n2CCc2nc4ccccc4[nH]2)C=CC=CC3)n1. The number of oxazole rings is 1. The number of fused-ring (bicyclic) bond motifs is 2. The van der Waals surface area contributed by atoms with Crippen molar-refractivity contribution in [2.75, 3.05) is 13.1 Å². The predicted molar refractivity (Wildman–Crippen MR) is 161 cm³/mol. The summed E-state index contributed by atoms with van der Waals surface area (Å²) in [4.78, 5) is 34.4. The highest BCUT2D eigenvalue weighted by Gasteiger charge is 2.17. The minimum Gasteiger partial charge on any atom is -0.448 e. The molecule has 42 heavy (non-hydrogen) atoms. The molecule has 0 unspecified atom stereocenters. The third kappa shape index (κ3) is 6.39. The third-order valence-corrected chi connectivity index (χ3v) is 7.34. The van der Waals surface area contributed by atoms with Gasteiger partial charge in [0, 0.05) is 51.5 Å². The summed E-state index contributed by atoms with van der Waals surface area (Å²) in [5, 5.41) is 6.33. The summed E-state index contributed by atoms with van der Waals surface area (Å²) in [6, 6.07) is 12.0. The number of aromatic amines is 1. The van der Waals surface area contributed by atoms with Crippen molar-refractivity contribution in [2.24, 2.45) is 0 Å². The van der Waals surface area contributed by atoms with E-state index in [4.69, 9.17) is 14.4 Å². The molecule has 214 valence electrons. The van der Waals surface area contributed by atoms with Crippen molar-refractivity contribution in [2.45, 2.75) is 45.7 Å². The number of H-pyrrole nitrogens is 1. The molecule has 1 aliphatic rings. The van der Waals surface area contributed by atoms with Gasteiger partial charge in [0.05, 0.1) is 34.7 Å². The molecule has 10 nitrogen and oxygen atoms in total. The lowest BCUT2D eigenvalue weighted by molar-refractivity contribution is 0.0945. The lowest BCUT2D eigenvalue weighted by atomic mass is 10.2. The van der Waals surface area contributed by atoms with Crippen molar-refractivity contribution < 1.29 is 9.21 Å². The quantitative estimate of drug-likeness (QED) is 0.195. The van der Waals surface area contributed by atoms with Crippen molar-refractivity contribution in [1.29, 1.82) is 0 Å². The van der Waals surface area contributed by atoms with E-state index in [1.165, 1.54) is 6.26 Å². The van der Waals surface area contributed by atoms with E-state index in [0.717, 1.165) is 77.7 Å². The highest BCUT2D eigenvalue weighted by atomic mass is 16.3. The average Bonchev–Trinajstić information content (AvgIpc) is 3.68. The van der Waals surface area contributed by atoms with Gasteiger partial charge in [-0.15, -0.1) is 0 Å². The zero-order valence-corrected chi connectivity index (χ0v) is 23.6. The number of aromatic nitrogens is 6. The van der Waals surface area contributed by atoms with Crippen LogP contribution in [-0.2, 0) is 38.8 Å². The Balaban J connectivity index is 1.01. The summed E-state index contributed by atoms with van der Waals surface area (Å²) in [7, 11) is 0. The maximum atomic E-state index is 12.5. The normalized spacial score (nSPS) is 12.5. The summed E-state index contributed by atoms with van der Waals surface area (Å²) in [5.74, 6) is 2.28. The number of benzene rings is 1. The van der Waals surface area contributed by atoms with Crippen LogP contribution >= 0.6 is 0 Å². The number of pyridine rings is 1. The molecule has 0 bridgehead atoms. The van der Waals surface area contributed by atoms with Crippen LogP contribution in [0.3, 0.4) is 0 Å². The van der Waals surface area contributed by atoms with Gasteiger partial charge in [-0.2, -0.15) is 0 Å². The molecule has 3 N–H and O–H groups in total. The molecule has 0 saturated heterocycles. The molecule has 1 aliphatic carbocycles. The minimum atomic E-state index is -0.277. The van der Waals surface area contributed by atoms with Crippen LogP contribution < -0.4 is 10.6 Å². The van der Waals surface area contributed by atoms with Crippen LogP contribution in [0.15, 0.2) is 71.5 Å². The lowest BCUT2D eigenvalue weighted by Gasteiger charge is -2.10. The van der Waals surface area contributed by atoms with E-state index in [0.29, 0.717) is 25.4 Å². The van der Waals surface area contributed by atoms with Crippen LogP contribution in [0.2, 0.25) is 0 Å². The maximum absolute atomic E-state index is 12.5. The number of para-hydroxylation sites is 2. The van der Waals surface area contributed by atoms with E-state index >= 15 is 0 Å². The van der Waals surface area contributed by atoms with E-state index < -0.39 is 0 Å². The molecule has 10 heteroatoms. The van der Waals surface area contributed by atoms with Crippen LogP contribution in [-0.4, -0.2) is 48.5 Å². The standard InChI is InChI=1S/C32H34N8O2/c1-22-8-7-16-34-26(22)20-35-32(41)27-21-42-31(39-27)14-18-33-17-13-30-38-25-11-3-2-4-12-28(25)40(30)19-15-29-36-23-9-5-6-10-24(23)37-29/h2-10,12,16,21,33H,11,13-15,17-20H2,1H3,(H,35,41)(H,36,37). The van der Waals surface area contributed by atoms with Crippen molar-refractivity contribution in [3.8, 4) is 0 Å². The van der Waals surface area contributed by atoms with Crippen LogP contribution in [0.5, 0.6) is 0 Å². The Kier molecular flexibility index (Phi) is 8.32. The summed E-state index contributed by atoms with van der Waals surface area (Å²) in [6.45, 7) is 4.55. The summed E-state index contributed by atoms with van der Waals surface area (Å²) in [6.07, 6.45) is 14.6. The first kappa shape index (κ1) is 27.3. The molecule has 6 rings (SSSR count). The Morgan fingerprint density at radius 3 is 2.86 bits per heavy atom. The molecule has 0 saturated carbocycles. The Labute approximate surface area is 244 Å². The van der Waals surface area contributed by atoms with E-state index in [2.05, 4.69) is 60.5 Å². The average molecular weight is 563 g/mol. The van der Waals surface area contributed by atoms with Crippen LogP contribution in [0.4, 0.5) is 0 Å². The number of nitrogens with one attached hydrogen (secondary N) is 3. The molecule has 0 spiro atoms. The van der Waals surface area contributed by atoms with Gasteiger partial charge in [-0.3, -0.25) is 9.78 Å². The highest BCUT2D eigenvalue weighted by molar-refractivity contribution is 5.91. The molecule has 0 aliphatic heterocycles.